The van der Waals surface area contributed by atoms with E-state index in [-0.39, 0.29) is 6.42 Å². The van der Waals surface area contributed by atoms with Gasteiger partial charge in [-0.3, -0.25) is 9.78 Å². The molecule has 0 radical (unpaired) electrons. The van der Waals surface area contributed by atoms with Gasteiger partial charge in [0, 0.05) is 6.20 Å². The number of carboxylic acids is 1. The summed E-state index contributed by atoms with van der Waals surface area (Å²) in [6.45, 7) is 3.23. The van der Waals surface area contributed by atoms with E-state index < -0.39 is 17.3 Å². The van der Waals surface area contributed by atoms with E-state index in [0.29, 0.717) is 5.69 Å². The van der Waals surface area contributed by atoms with Gasteiger partial charge in [0.25, 0.3) is 0 Å². The Bertz CT molecular complexity index is 407. The van der Waals surface area contributed by atoms with Crippen LogP contribution >= 0.6 is 0 Å². The molecule has 0 aromatic carbocycles. The van der Waals surface area contributed by atoms with Crippen molar-refractivity contribution in [1.82, 2.24) is 4.98 Å². The van der Waals surface area contributed by atoms with E-state index in [1.165, 1.54) is 0 Å². The van der Waals surface area contributed by atoms with Gasteiger partial charge in [0.1, 0.15) is 0 Å². The number of aliphatic carboxylic acids is 1. The molecule has 0 aliphatic rings. The van der Waals surface area contributed by atoms with Crippen molar-refractivity contribution >= 4 is 5.97 Å². The number of carboxylic acid groups (broad SMARTS) is 1. The molecule has 1 aromatic rings. The van der Waals surface area contributed by atoms with Gasteiger partial charge in [-0.05, 0) is 32.4 Å². The Morgan fingerprint density at radius 1 is 1.62 bits per heavy atom. The fourth-order valence-corrected chi connectivity index (χ4v) is 1.40. The summed E-state index contributed by atoms with van der Waals surface area (Å²) in [7, 11) is 0. The molecule has 0 spiro atoms. The highest BCUT2D eigenvalue weighted by molar-refractivity contribution is 5.73. The van der Waals surface area contributed by atoms with Crippen molar-refractivity contribution in [3.63, 3.8) is 0 Å². The number of nitriles is 1. The molecule has 0 saturated carbocycles. The molecule has 0 amide bonds. The fraction of sp³-hybridized carbons (Fsp3) is 0.417. The minimum absolute atomic E-state index is 0.260. The molecule has 1 N–H and O–H groups in total. The highest BCUT2D eigenvalue weighted by atomic mass is 16.4. The Labute approximate surface area is 94.6 Å². The first-order valence-electron chi connectivity index (χ1n) is 5.01. The molecule has 0 bridgehead atoms. The first kappa shape index (κ1) is 12.2. The number of carbonyl (C=O) groups is 1. The van der Waals surface area contributed by atoms with E-state index in [0.717, 1.165) is 0 Å². The lowest BCUT2D eigenvalue weighted by Gasteiger charge is -2.21. The van der Waals surface area contributed by atoms with Crippen LogP contribution in [0.1, 0.15) is 31.9 Å². The zero-order valence-electron chi connectivity index (χ0n) is 9.34. The summed E-state index contributed by atoms with van der Waals surface area (Å²) in [4.78, 5) is 15.1. The molecule has 84 valence electrons. The quantitative estimate of drug-likeness (QED) is 0.840. The van der Waals surface area contributed by atoms with E-state index >= 15 is 0 Å². The maximum Gasteiger partial charge on any atom is 0.309 e. The van der Waals surface area contributed by atoms with Crippen LogP contribution in [0.25, 0.3) is 0 Å². The van der Waals surface area contributed by atoms with Crippen LogP contribution in [-0.4, -0.2) is 16.1 Å². The van der Waals surface area contributed by atoms with Gasteiger partial charge in [0.2, 0.25) is 0 Å². The molecule has 16 heavy (non-hydrogen) atoms. The molecule has 1 heterocycles. The summed E-state index contributed by atoms with van der Waals surface area (Å²) in [5.41, 5.74) is -0.294. The van der Waals surface area contributed by atoms with Crippen molar-refractivity contribution in [3.05, 3.63) is 30.1 Å². The van der Waals surface area contributed by atoms with Gasteiger partial charge < -0.3 is 5.11 Å². The summed E-state index contributed by atoms with van der Waals surface area (Å²) in [6.07, 6.45) is 1.86. The third-order valence-corrected chi connectivity index (χ3v) is 2.49. The van der Waals surface area contributed by atoms with E-state index in [4.69, 9.17) is 10.4 Å². The molecular formula is C12H14N2O2. The van der Waals surface area contributed by atoms with Crippen molar-refractivity contribution < 1.29 is 9.90 Å². The topological polar surface area (TPSA) is 74.0 Å². The van der Waals surface area contributed by atoms with Crippen molar-refractivity contribution in [1.29, 1.82) is 5.26 Å². The number of pyridine rings is 1. The second kappa shape index (κ2) is 4.75. The van der Waals surface area contributed by atoms with Crippen LogP contribution in [0, 0.1) is 16.7 Å². The largest absolute Gasteiger partial charge is 0.481 e. The maximum absolute atomic E-state index is 11.0. The van der Waals surface area contributed by atoms with E-state index in [1.54, 1.807) is 38.2 Å². The zero-order valence-corrected chi connectivity index (χ0v) is 9.34. The average Bonchev–Trinajstić information content (AvgIpc) is 2.27. The van der Waals surface area contributed by atoms with Crippen LogP contribution < -0.4 is 0 Å². The lowest BCUT2D eigenvalue weighted by Crippen LogP contribution is -2.26. The summed E-state index contributed by atoms with van der Waals surface area (Å²) in [6, 6.07) is 7.40. The molecule has 4 heteroatoms. The molecule has 1 aromatic heterocycles. The van der Waals surface area contributed by atoms with Crippen LogP contribution in [0.2, 0.25) is 0 Å². The molecule has 1 unspecified atom stereocenters. The van der Waals surface area contributed by atoms with Crippen molar-refractivity contribution in [2.75, 3.05) is 0 Å². The van der Waals surface area contributed by atoms with Gasteiger partial charge in [0.15, 0.2) is 0 Å². The van der Waals surface area contributed by atoms with Gasteiger partial charge in [-0.2, -0.15) is 5.26 Å². The van der Waals surface area contributed by atoms with Gasteiger partial charge in [0.05, 0.1) is 23.1 Å². The van der Waals surface area contributed by atoms with E-state index in [9.17, 15) is 4.79 Å². The van der Waals surface area contributed by atoms with Gasteiger partial charge in [-0.25, -0.2) is 0 Å². The smallest absolute Gasteiger partial charge is 0.309 e. The number of rotatable bonds is 4. The monoisotopic (exact) mass is 218 g/mol. The molecule has 0 fully saturated rings. The molecule has 1 atom stereocenters. The Morgan fingerprint density at radius 3 is 2.75 bits per heavy atom. The lowest BCUT2D eigenvalue weighted by atomic mass is 9.82. The van der Waals surface area contributed by atoms with Crippen LogP contribution in [0.3, 0.4) is 0 Å². The highest BCUT2D eigenvalue weighted by Gasteiger charge is 2.31. The van der Waals surface area contributed by atoms with Crippen molar-refractivity contribution in [2.45, 2.75) is 26.2 Å². The Kier molecular flexibility index (Phi) is 3.62. The Hall–Kier alpha value is -1.89. The lowest BCUT2D eigenvalue weighted by molar-refractivity contribution is -0.147. The summed E-state index contributed by atoms with van der Waals surface area (Å²) in [5, 5.41) is 18.0. The number of hydrogen-bond acceptors (Lipinski definition) is 3. The average molecular weight is 218 g/mol. The van der Waals surface area contributed by atoms with Gasteiger partial charge in [-0.15, -0.1) is 0 Å². The number of hydrogen-bond donors (Lipinski definition) is 1. The third-order valence-electron chi connectivity index (χ3n) is 2.49. The molecule has 0 aliphatic carbocycles. The fourth-order valence-electron chi connectivity index (χ4n) is 1.40. The Morgan fingerprint density at radius 2 is 2.31 bits per heavy atom. The first-order valence-corrected chi connectivity index (χ1v) is 5.01. The SMILES string of the molecule is CC(C)(CC(C#N)c1ccccn1)C(=O)O. The van der Waals surface area contributed by atoms with E-state index in [1.807, 2.05) is 0 Å². The normalized spacial score (nSPS) is 12.8. The summed E-state index contributed by atoms with van der Waals surface area (Å²) >= 11 is 0. The zero-order chi connectivity index (χ0) is 12.2. The highest BCUT2D eigenvalue weighted by Crippen LogP contribution is 2.30. The standard InChI is InChI=1S/C12H14N2O2/c1-12(2,11(15)16)7-9(8-13)10-5-3-4-6-14-10/h3-6,9H,7H2,1-2H3,(H,15,16). The molecule has 0 saturated heterocycles. The molecule has 0 aliphatic heterocycles. The van der Waals surface area contributed by atoms with Crippen LogP contribution in [-0.2, 0) is 4.79 Å². The maximum atomic E-state index is 11.0. The Balaban J connectivity index is 2.87. The first-order chi connectivity index (χ1) is 7.47. The number of aromatic nitrogens is 1. The minimum Gasteiger partial charge on any atom is -0.481 e. The summed E-state index contributed by atoms with van der Waals surface area (Å²) in [5.74, 6) is -1.38. The second-order valence-corrected chi connectivity index (χ2v) is 4.33. The predicted molar refractivity (Wildman–Crippen MR) is 58.6 cm³/mol. The predicted octanol–water partition coefficient (Wildman–Crippen LogP) is 2.19. The summed E-state index contributed by atoms with van der Waals surface area (Å²) < 4.78 is 0. The van der Waals surface area contributed by atoms with Crippen molar-refractivity contribution in [3.8, 4) is 6.07 Å². The van der Waals surface area contributed by atoms with Crippen LogP contribution in [0.4, 0.5) is 0 Å². The minimum atomic E-state index is -0.919. The second-order valence-electron chi connectivity index (χ2n) is 4.33. The third kappa shape index (κ3) is 2.80. The van der Waals surface area contributed by atoms with Gasteiger partial charge in [-0.1, -0.05) is 6.07 Å². The van der Waals surface area contributed by atoms with Crippen LogP contribution in [0.15, 0.2) is 24.4 Å². The van der Waals surface area contributed by atoms with Crippen molar-refractivity contribution in [2.24, 2.45) is 5.41 Å². The van der Waals surface area contributed by atoms with E-state index in [2.05, 4.69) is 11.1 Å². The number of nitrogens with zero attached hydrogens (tertiary/aromatic N) is 2. The molecular weight excluding hydrogens is 204 g/mol. The van der Waals surface area contributed by atoms with Crippen LogP contribution in [0.5, 0.6) is 0 Å². The molecule has 4 nitrogen and oxygen atoms in total. The van der Waals surface area contributed by atoms with Gasteiger partial charge >= 0.3 is 5.97 Å². The molecule has 1 rings (SSSR count).